The third-order valence-corrected chi connectivity index (χ3v) is 3.46. The van der Waals surface area contributed by atoms with Crippen LogP contribution in [0.4, 0.5) is 0 Å². The molecule has 2 aromatic rings. The zero-order chi connectivity index (χ0) is 12.7. The monoisotopic (exact) mass is 241 g/mol. The Hall–Kier alpha value is -1.90. The first-order chi connectivity index (χ1) is 8.69. The standard InChI is InChI=1S/C15H15NO2/c1-3-10-4-6-12-11(8-10)5-7-13-14(15(12)17)16-9(2)18-13/h4,6,8H,3,5,7H2,1-2H3. The molecule has 18 heavy (non-hydrogen) atoms. The number of benzene rings is 1. The molecule has 1 aromatic heterocycles. The minimum absolute atomic E-state index is 0.00277. The van der Waals surface area contributed by atoms with Gasteiger partial charge in [0, 0.05) is 18.9 Å². The van der Waals surface area contributed by atoms with Gasteiger partial charge in [0.1, 0.15) is 5.76 Å². The molecule has 92 valence electrons. The Kier molecular flexibility index (Phi) is 2.54. The highest BCUT2D eigenvalue weighted by molar-refractivity contribution is 6.09. The predicted molar refractivity (Wildman–Crippen MR) is 67.9 cm³/mol. The molecule has 0 atom stereocenters. The van der Waals surface area contributed by atoms with E-state index < -0.39 is 0 Å². The number of carbonyl (C=O) groups is 1. The first-order valence-corrected chi connectivity index (χ1v) is 6.32. The summed E-state index contributed by atoms with van der Waals surface area (Å²) in [6.07, 6.45) is 2.58. The molecule has 0 bridgehead atoms. The van der Waals surface area contributed by atoms with Crippen molar-refractivity contribution in [1.82, 2.24) is 4.98 Å². The van der Waals surface area contributed by atoms with Crippen LogP contribution in [0.1, 0.15) is 45.8 Å². The quantitative estimate of drug-likeness (QED) is 0.771. The summed E-state index contributed by atoms with van der Waals surface area (Å²) >= 11 is 0. The molecule has 0 radical (unpaired) electrons. The smallest absolute Gasteiger partial charge is 0.215 e. The number of rotatable bonds is 1. The van der Waals surface area contributed by atoms with Crippen LogP contribution in [0.2, 0.25) is 0 Å². The van der Waals surface area contributed by atoms with E-state index in [4.69, 9.17) is 4.42 Å². The van der Waals surface area contributed by atoms with Crippen LogP contribution in [0.5, 0.6) is 0 Å². The van der Waals surface area contributed by atoms with E-state index in [9.17, 15) is 4.79 Å². The third kappa shape index (κ3) is 1.67. The Morgan fingerprint density at radius 3 is 2.94 bits per heavy atom. The fourth-order valence-corrected chi connectivity index (χ4v) is 2.49. The molecule has 3 nitrogen and oxygen atoms in total. The Labute approximate surface area is 106 Å². The fraction of sp³-hybridized carbons (Fsp3) is 0.333. The largest absolute Gasteiger partial charge is 0.445 e. The van der Waals surface area contributed by atoms with Crippen LogP contribution < -0.4 is 0 Å². The van der Waals surface area contributed by atoms with Crippen LogP contribution in [-0.2, 0) is 19.3 Å². The van der Waals surface area contributed by atoms with Gasteiger partial charge >= 0.3 is 0 Å². The summed E-state index contributed by atoms with van der Waals surface area (Å²) in [5, 5.41) is 0. The third-order valence-electron chi connectivity index (χ3n) is 3.46. The number of nitrogens with zero attached hydrogens (tertiary/aromatic N) is 1. The second-order valence-corrected chi connectivity index (χ2v) is 4.68. The Morgan fingerprint density at radius 1 is 1.33 bits per heavy atom. The lowest BCUT2D eigenvalue weighted by Gasteiger charge is -2.06. The molecule has 0 unspecified atom stereocenters. The summed E-state index contributed by atoms with van der Waals surface area (Å²) in [7, 11) is 0. The molecule has 0 N–H and O–H groups in total. The normalized spacial score (nSPS) is 14.0. The Balaban J connectivity index is 2.13. The van der Waals surface area contributed by atoms with Crippen molar-refractivity contribution in [1.29, 1.82) is 0 Å². The number of hydrogen-bond acceptors (Lipinski definition) is 3. The molecule has 1 aliphatic carbocycles. The number of aryl methyl sites for hydroxylation is 4. The average molecular weight is 241 g/mol. The second kappa shape index (κ2) is 4.09. The van der Waals surface area contributed by atoms with E-state index in [-0.39, 0.29) is 5.78 Å². The molecular formula is C15H15NO2. The van der Waals surface area contributed by atoms with Gasteiger partial charge < -0.3 is 4.42 Å². The first kappa shape index (κ1) is 11.2. The molecule has 0 saturated heterocycles. The number of ketones is 1. The highest BCUT2D eigenvalue weighted by Crippen LogP contribution is 2.25. The van der Waals surface area contributed by atoms with Crippen molar-refractivity contribution in [3.63, 3.8) is 0 Å². The number of fused-ring (bicyclic) bond motifs is 2. The van der Waals surface area contributed by atoms with E-state index in [0.717, 1.165) is 36.1 Å². The Morgan fingerprint density at radius 2 is 2.17 bits per heavy atom. The van der Waals surface area contributed by atoms with Gasteiger partial charge in [-0.1, -0.05) is 25.1 Å². The maximum atomic E-state index is 12.4. The lowest BCUT2D eigenvalue weighted by Crippen LogP contribution is -2.05. The molecule has 1 aromatic carbocycles. The predicted octanol–water partition coefficient (Wildman–Crippen LogP) is 2.88. The van der Waals surface area contributed by atoms with Crippen LogP contribution in [-0.4, -0.2) is 10.8 Å². The molecule has 0 fully saturated rings. The molecule has 1 heterocycles. The van der Waals surface area contributed by atoms with Crippen molar-refractivity contribution in [2.75, 3.05) is 0 Å². The zero-order valence-electron chi connectivity index (χ0n) is 10.6. The summed E-state index contributed by atoms with van der Waals surface area (Å²) in [5.41, 5.74) is 3.66. The van der Waals surface area contributed by atoms with Gasteiger partial charge in [0.05, 0.1) is 0 Å². The molecule has 0 spiro atoms. The van der Waals surface area contributed by atoms with Crippen molar-refractivity contribution in [2.45, 2.75) is 33.1 Å². The van der Waals surface area contributed by atoms with Crippen LogP contribution in [0.15, 0.2) is 22.6 Å². The van der Waals surface area contributed by atoms with Gasteiger partial charge in [0.2, 0.25) is 5.78 Å². The van der Waals surface area contributed by atoms with Crippen molar-refractivity contribution in [3.8, 4) is 0 Å². The summed E-state index contributed by atoms with van der Waals surface area (Å²) in [4.78, 5) is 16.6. The highest BCUT2D eigenvalue weighted by Gasteiger charge is 2.25. The van der Waals surface area contributed by atoms with Crippen molar-refractivity contribution >= 4 is 5.78 Å². The lowest BCUT2D eigenvalue weighted by atomic mass is 9.98. The van der Waals surface area contributed by atoms with Gasteiger partial charge in [0.15, 0.2) is 11.6 Å². The first-order valence-electron chi connectivity index (χ1n) is 6.32. The van der Waals surface area contributed by atoms with Crippen LogP contribution in [0.3, 0.4) is 0 Å². The minimum Gasteiger partial charge on any atom is -0.445 e. The lowest BCUT2D eigenvalue weighted by molar-refractivity contribution is 0.103. The van der Waals surface area contributed by atoms with Gasteiger partial charge in [0.25, 0.3) is 0 Å². The van der Waals surface area contributed by atoms with Gasteiger partial charge in [-0.25, -0.2) is 4.98 Å². The average Bonchev–Trinajstić information content (AvgIpc) is 2.71. The fourth-order valence-electron chi connectivity index (χ4n) is 2.49. The van der Waals surface area contributed by atoms with E-state index in [0.29, 0.717) is 11.6 Å². The van der Waals surface area contributed by atoms with Crippen LogP contribution in [0, 0.1) is 6.92 Å². The maximum Gasteiger partial charge on any atom is 0.215 e. The summed E-state index contributed by atoms with van der Waals surface area (Å²) < 4.78 is 5.51. The summed E-state index contributed by atoms with van der Waals surface area (Å²) in [5.74, 6) is 1.30. The zero-order valence-corrected chi connectivity index (χ0v) is 10.6. The van der Waals surface area contributed by atoms with E-state index in [1.54, 1.807) is 6.92 Å². The SMILES string of the molecule is CCc1ccc2c(c1)CCc1oc(C)nc1C2=O. The van der Waals surface area contributed by atoms with Crippen LogP contribution >= 0.6 is 0 Å². The number of hydrogen-bond donors (Lipinski definition) is 0. The van der Waals surface area contributed by atoms with Gasteiger partial charge in [-0.05, 0) is 24.0 Å². The van der Waals surface area contributed by atoms with E-state index >= 15 is 0 Å². The Bertz CT molecular complexity index is 625. The van der Waals surface area contributed by atoms with E-state index in [1.165, 1.54) is 5.56 Å². The highest BCUT2D eigenvalue weighted by atomic mass is 16.4. The number of aromatic nitrogens is 1. The van der Waals surface area contributed by atoms with Crippen LogP contribution in [0.25, 0.3) is 0 Å². The van der Waals surface area contributed by atoms with Gasteiger partial charge in [-0.2, -0.15) is 0 Å². The van der Waals surface area contributed by atoms with Gasteiger partial charge in [-0.3, -0.25) is 4.79 Å². The molecule has 3 heteroatoms. The van der Waals surface area contributed by atoms with E-state index in [1.807, 2.05) is 12.1 Å². The van der Waals surface area contributed by atoms with Crippen molar-refractivity contribution in [3.05, 3.63) is 52.2 Å². The number of carbonyl (C=O) groups excluding carboxylic acids is 1. The summed E-state index contributed by atoms with van der Waals surface area (Å²) in [6.45, 7) is 3.90. The van der Waals surface area contributed by atoms with Crippen molar-refractivity contribution in [2.24, 2.45) is 0 Å². The molecule has 0 saturated carbocycles. The van der Waals surface area contributed by atoms with E-state index in [2.05, 4.69) is 18.0 Å². The molecule has 0 aliphatic heterocycles. The molecule has 0 amide bonds. The molecule has 3 rings (SSSR count). The minimum atomic E-state index is -0.00277. The number of oxazole rings is 1. The molecular weight excluding hydrogens is 226 g/mol. The summed E-state index contributed by atoms with van der Waals surface area (Å²) in [6, 6.07) is 6.08. The second-order valence-electron chi connectivity index (χ2n) is 4.68. The van der Waals surface area contributed by atoms with Gasteiger partial charge in [-0.15, -0.1) is 0 Å². The topological polar surface area (TPSA) is 43.1 Å². The maximum absolute atomic E-state index is 12.4. The molecule has 1 aliphatic rings. The van der Waals surface area contributed by atoms with Crippen molar-refractivity contribution < 1.29 is 9.21 Å².